The van der Waals surface area contributed by atoms with E-state index in [1.165, 1.54) is 0 Å². The number of carbonyl (C=O) groups excluding carboxylic acids is 2. The van der Waals surface area contributed by atoms with E-state index >= 15 is 0 Å². The summed E-state index contributed by atoms with van der Waals surface area (Å²) < 4.78 is 26.5. The fraction of sp³-hybridized carbons (Fsp3) is 0.850. The largest absolute Gasteiger partial charge is 0.481 e. The van der Waals surface area contributed by atoms with Crippen molar-refractivity contribution in [3.05, 3.63) is 0 Å². The van der Waals surface area contributed by atoms with Gasteiger partial charge in [0.1, 0.15) is 11.7 Å². The van der Waals surface area contributed by atoms with Gasteiger partial charge in [0.2, 0.25) is 0 Å². The molecule has 0 aliphatic heterocycles. The lowest BCUT2D eigenvalue weighted by Crippen LogP contribution is -2.34. The van der Waals surface area contributed by atoms with Gasteiger partial charge in [0.25, 0.3) is 0 Å². The van der Waals surface area contributed by atoms with Gasteiger partial charge in [0, 0.05) is 6.54 Å². The van der Waals surface area contributed by atoms with Gasteiger partial charge in [-0.3, -0.25) is 14.4 Å². The molecule has 182 valence electrons. The number of ketones is 1. The molecule has 1 atom stereocenters. The van der Waals surface area contributed by atoms with Gasteiger partial charge in [0.05, 0.1) is 72.2 Å². The third-order valence-electron chi connectivity index (χ3n) is 3.45. The molecule has 0 saturated carbocycles. The summed E-state index contributed by atoms with van der Waals surface area (Å²) in [5.41, 5.74) is -0.489. The van der Waals surface area contributed by atoms with Gasteiger partial charge < -0.3 is 39.2 Å². The Morgan fingerprint density at radius 1 is 0.839 bits per heavy atom. The number of esters is 1. The summed E-state index contributed by atoms with van der Waals surface area (Å²) in [5.74, 6) is -2.08. The third-order valence-corrected chi connectivity index (χ3v) is 3.45. The number of nitrogens with one attached hydrogen (secondary N) is 1. The van der Waals surface area contributed by atoms with E-state index in [4.69, 9.17) is 28.8 Å². The van der Waals surface area contributed by atoms with E-state index in [1.807, 2.05) is 20.8 Å². The molecule has 0 heterocycles. The van der Waals surface area contributed by atoms with E-state index in [-0.39, 0.29) is 25.5 Å². The molecule has 0 saturated heterocycles. The molecule has 0 rings (SSSR count). The molecule has 0 bridgehead atoms. The molecule has 11 nitrogen and oxygen atoms in total. The molecule has 1 unspecified atom stereocenters. The van der Waals surface area contributed by atoms with Crippen LogP contribution in [-0.2, 0) is 38.1 Å². The van der Waals surface area contributed by atoms with E-state index < -0.39 is 29.9 Å². The maximum atomic E-state index is 11.5. The van der Waals surface area contributed by atoms with Crippen LogP contribution in [0.4, 0.5) is 0 Å². The van der Waals surface area contributed by atoms with Gasteiger partial charge in [-0.05, 0) is 20.8 Å². The molecule has 0 aliphatic carbocycles. The maximum Gasteiger partial charge on any atom is 0.308 e. The van der Waals surface area contributed by atoms with Crippen molar-refractivity contribution in [2.75, 3.05) is 65.9 Å². The first kappa shape index (κ1) is 29.4. The molecule has 3 N–H and O–H groups in total. The van der Waals surface area contributed by atoms with E-state index in [2.05, 4.69) is 5.32 Å². The van der Waals surface area contributed by atoms with Crippen LogP contribution in [0.1, 0.15) is 33.6 Å². The molecular weight excluding hydrogens is 414 g/mol. The van der Waals surface area contributed by atoms with Crippen molar-refractivity contribution in [1.82, 2.24) is 5.32 Å². The Morgan fingerprint density at radius 2 is 1.32 bits per heavy atom. The molecule has 0 aliphatic rings. The van der Waals surface area contributed by atoms with E-state index in [9.17, 15) is 19.5 Å². The first-order valence-electron chi connectivity index (χ1n) is 10.3. The predicted octanol–water partition coefficient (Wildman–Crippen LogP) is -0.221. The third kappa shape index (κ3) is 21.4. The molecule has 31 heavy (non-hydrogen) atoms. The average molecular weight is 452 g/mol. The number of carboxylic acids is 1. The Morgan fingerprint density at radius 3 is 1.81 bits per heavy atom. The van der Waals surface area contributed by atoms with E-state index in [0.717, 1.165) is 0 Å². The van der Waals surface area contributed by atoms with Gasteiger partial charge in [0.15, 0.2) is 5.78 Å². The number of aliphatic hydroxyl groups excluding tert-OH is 1. The summed E-state index contributed by atoms with van der Waals surface area (Å²) in [6.07, 6.45) is -1.89. The highest BCUT2D eigenvalue weighted by atomic mass is 16.6. The van der Waals surface area contributed by atoms with Crippen LogP contribution in [0.15, 0.2) is 0 Å². The number of aliphatic hydroxyl groups is 1. The topological polar surface area (TPSA) is 150 Å². The van der Waals surface area contributed by atoms with Crippen LogP contribution < -0.4 is 5.32 Å². The molecule has 0 aromatic heterocycles. The number of carbonyl (C=O) groups is 3. The minimum Gasteiger partial charge on any atom is -0.481 e. The second-order valence-corrected chi connectivity index (χ2v) is 7.54. The zero-order chi connectivity index (χ0) is 23.5. The molecule has 11 heteroatoms. The number of rotatable bonds is 20. The predicted molar refractivity (Wildman–Crippen MR) is 110 cm³/mol. The highest BCUT2D eigenvalue weighted by Gasteiger charge is 2.17. The fourth-order valence-electron chi connectivity index (χ4n) is 2.06. The molecule has 0 amide bonds. The second-order valence-electron chi connectivity index (χ2n) is 7.54. The molecule has 0 aromatic rings. The van der Waals surface area contributed by atoms with Crippen molar-refractivity contribution in [2.24, 2.45) is 0 Å². The summed E-state index contributed by atoms with van der Waals surface area (Å²) >= 11 is 0. The lowest BCUT2D eigenvalue weighted by atomic mass is 10.1. The first-order valence-corrected chi connectivity index (χ1v) is 10.3. The highest BCUT2D eigenvalue weighted by molar-refractivity contribution is 5.88. The summed E-state index contributed by atoms with van der Waals surface area (Å²) in [4.78, 5) is 33.3. The minimum absolute atomic E-state index is 0.115. The zero-order valence-electron chi connectivity index (χ0n) is 18.7. The number of carboxylic acid groups (broad SMARTS) is 1. The van der Waals surface area contributed by atoms with Crippen LogP contribution in [0.25, 0.3) is 0 Å². The molecule has 0 spiro atoms. The Labute approximate surface area is 183 Å². The van der Waals surface area contributed by atoms with Gasteiger partial charge in [-0.25, -0.2) is 0 Å². The Kier molecular flexibility index (Phi) is 17.0. The van der Waals surface area contributed by atoms with Crippen molar-refractivity contribution in [2.45, 2.75) is 45.3 Å². The summed E-state index contributed by atoms with van der Waals surface area (Å²) in [6, 6.07) is 0. The first-order chi connectivity index (χ1) is 14.6. The van der Waals surface area contributed by atoms with Crippen molar-refractivity contribution < 1.29 is 48.3 Å². The quantitative estimate of drug-likeness (QED) is 0.166. The molecule has 0 fully saturated rings. The second kappa shape index (κ2) is 18.0. The summed E-state index contributed by atoms with van der Waals surface area (Å²) in [5, 5.41) is 20.6. The van der Waals surface area contributed by atoms with Gasteiger partial charge in [-0.2, -0.15) is 0 Å². The Hall–Kier alpha value is -1.63. The summed E-state index contributed by atoms with van der Waals surface area (Å²) in [7, 11) is 0. The van der Waals surface area contributed by atoms with Crippen molar-refractivity contribution in [3.8, 4) is 0 Å². The minimum atomic E-state index is -1.50. The van der Waals surface area contributed by atoms with Gasteiger partial charge >= 0.3 is 11.9 Å². The maximum absolute atomic E-state index is 11.5. The number of Topliss-reactive ketones (excluding diaryl/α,β-unsaturated/α-hetero) is 1. The lowest BCUT2D eigenvalue weighted by Gasteiger charge is -2.19. The molecule has 0 radical (unpaired) electrons. The van der Waals surface area contributed by atoms with Crippen LogP contribution in [0, 0.1) is 0 Å². The highest BCUT2D eigenvalue weighted by Crippen LogP contribution is 2.08. The average Bonchev–Trinajstić information content (AvgIpc) is 2.65. The van der Waals surface area contributed by atoms with E-state index in [1.54, 1.807) is 0 Å². The number of hydrogen-bond acceptors (Lipinski definition) is 10. The fourth-order valence-corrected chi connectivity index (χ4v) is 2.06. The smallest absolute Gasteiger partial charge is 0.308 e. The van der Waals surface area contributed by atoms with Crippen LogP contribution in [0.5, 0.6) is 0 Å². The van der Waals surface area contributed by atoms with Gasteiger partial charge in [-0.15, -0.1) is 0 Å². The zero-order valence-corrected chi connectivity index (χ0v) is 18.7. The van der Waals surface area contributed by atoms with Crippen molar-refractivity contribution >= 4 is 17.7 Å². The normalized spacial score (nSPS) is 12.5. The lowest BCUT2D eigenvalue weighted by molar-refractivity contribution is -0.156. The van der Waals surface area contributed by atoms with Crippen molar-refractivity contribution in [1.29, 1.82) is 0 Å². The van der Waals surface area contributed by atoms with E-state index in [0.29, 0.717) is 52.8 Å². The SMILES string of the molecule is CC(C)(C)OC(=O)CCOCCOCCOCCOCCNCC(=O)C(O)CC(=O)O. The van der Waals surface area contributed by atoms with Gasteiger partial charge in [-0.1, -0.05) is 0 Å². The number of aliphatic carboxylic acids is 1. The van der Waals surface area contributed by atoms with Crippen molar-refractivity contribution in [3.63, 3.8) is 0 Å². The molecule has 0 aromatic carbocycles. The van der Waals surface area contributed by atoms with Crippen LogP contribution in [0.2, 0.25) is 0 Å². The number of hydrogen-bond donors (Lipinski definition) is 3. The van der Waals surface area contributed by atoms with Crippen LogP contribution in [-0.4, -0.2) is 106 Å². The number of ether oxygens (including phenoxy) is 5. The Bertz CT molecular complexity index is 507. The van der Waals surface area contributed by atoms with Crippen LogP contribution in [0.3, 0.4) is 0 Å². The monoisotopic (exact) mass is 451 g/mol. The summed E-state index contributed by atoms with van der Waals surface area (Å²) in [6.45, 7) is 8.75. The van der Waals surface area contributed by atoms with Crippen LogP contribution >= 0.6 is 0 Å². The molecular formula is C20H37NO10. The Balaban J connectivity index is 3.29. The standard InChI is InChI=1S/C20H37NO10/c1-20(2,3)31-19(26)4-6-27-8-10-29-12-13-30-11-9-28-7-5-21-15-17(23)16(22)14-18(24)25/h16,21-22H,4-15H2,1-3H3,(H,24,25).